The maximum Gasteiger partial charge on any atom is 0.192 e. The van der Waals surface area contributed by atoms with E-state index in [1.807, 2.05) is 22.8 Å². The zero-order valence-electron chi connectivity index (χ0n) is 15.7. The largest absolute Gasteiger partial charge is 0.298 e. The molecule has 0 spiro atoms. The van der Waals surface area contributed by atoms with E-state index in [9.17, 15) is 4.39 Å². The summed E-state index contributed by atoms with van der Waals surface area (Å²) in [6.45, 7) is 4.41. The zero-order chi connectivity index (χ0) is 20.1. The van der Waals surface area contributed by atoms with Crippen molar-refractivity contribution in [1.29, 1.82) is 0 Å². The highest BCUT2D eigenvalue weighted by Gasteiger charge is 2.14. The molecule has 0 amide bonds. The number of aromatic nitrogens is 4. The van der Waals surface area contributed by atoms with E-state index >= 15 is 0 Å². The van der Waals surface area contributed by atoms with Crippen molar-refractivity contribution in [1.82, 2.24) is 19.7 Å². The molecular formula is C22H19FN4S2. The van der Waals surface area contributed by atoms with Crippen LogP contribution in [0.2, 0.25) is 0 Å². The maximum absolute atomic E-state index is 13.2. The Hall–Kier alpha value is -2.77. The average molecular weight is 423 g/mol. The summed E-state index contributed by atoms with van der Waals surface area (Å²) in [6, 6.07) is 16.6. The number of hydrogen-bond donors (Lipinski definition) is 0. The van der Waals surface area contributed by atoms with Gasteiger partial charge >= 0.3 is 0 Å². The highest BCUT2D eigenvalue weighted by atomic mass is 32.2. The number of hydrogen-bond acceptors (Lipinski definition) is 5. The lowest BCUT2D eigenvalue weighted by Gasteiger charge is -2.07. The Labute approximate surface area is 177 Å². The Bertz CT molecular complexity index is 1090. The Balaban J connectivity index is 1.47. The second-order valence-electron chi connectivity index (χ2n) is 6.40. The molecule has 4 rings (SSSR count). The molecule has 0 saturated heterocycles. The number of rotatable bonds is 8. The van der Waals surface area contributed by atoms with Crippen LogP contribution in [0.4, 0.5) is 4.39 Å². The molecule has 7 heteroatoms. The average Bonchev–Trinajstić information content (AvgIpc) is 3.35. The van der Waals surface area contributed by atoms with Crippen molar-refractivity contribution < 1.29 is 4.39 Å². The van der Waals surface area contributed by atoms with Crippen LogP contribution in [0.15, 0.2) is 77.8 Å². The molecule has 0 saturated carbocycles. The molecule has 146 valence electrons. The van der Waals surface area contributed by atoms with Gasteiger partial charge in [0.05, 0.1) is 10.7 Å². The predicted octanol–water partition coefficient (Wildman–Crippen LogP) is 5.61. The summed E-state index contributed by atoms with van der Waals surface area (Å²) in [5, 5.41) is 12.6. The van der Waals surface area contributed by atoms with Crippen LogP contribution in [-0.4, -0.2) is 19.7 Å². The van der Waals surface area contributed by atoms with Crippen molar-refractivity contribution in [2.24, 2.45) is 0 Å². The minimum absolute atomic E-state index is 0.270. The summed E-state index contributed by atoms with van der Waals surface area (Å²) in [4.78, 5) is 4.75. The molecule has 0 bridgehead atoms. The summed E-state index contributed by atoms with van der Waals surface area (Å²) in [5.74, 6) is 1.15. The fourth-order valence-corrected chi connectivity index (χ4v) is 4.68. The van der Waals surface area contributed by atoms with Crippen molar-refractivity contribution >= 4 is 23.1 Å². The van der Waals surface area contributed by atoms with Crippen molar-refractivity contribution in [3.05, 3.63) is 94.7 Å². The monoisotopic (exact) mass is 422 g/mol. The molecule has 2 heterocycles. The van der Waals surface area contributed by atoms with Crippen LogP contribution >= 0.6 is 23.1 Å². The normalized spacial score (nSPS) is 10.9. The fraction of sp³-hybridized carbons (Fsp3) is 0.136. The van der Waals surface area contributed by atoms with Gasteiger partial charge in [-0.15, -0.1) is 28.1 Å². The predicted molar refractivity (Wildman–Crippen MR) is 117 cm³/mol. The summed E-state index contributed by atoms with van der Waals surface area (Å²) < 4.78 is 15.2. The molecule has 0 aliphatic carbocycles. The smallest absolute Gasteiger partial charge is 0.192 e. The number of thiazole rings is 1. The van der Waals surface area contributed by atoms with Gasteiger partial charge in [0.1, 0.15) is 5.82 Å². The molecule has 2 aromatic heterocycles. The lowest BCUT2D eigenvalue weighted by molar-refractivity contribution is 0.628. The van der Waals surface area contributed by atoms with E-state index in [2.05, 4.69) is 34.3 Å². The van der Waals surface area contributed by atoms with E-state index in [0.717, 1.165) is 27.8 Å². The SMILES string of the molecule is C=CCn1c(SCc2csc(Cc3ccccc3)n2)nnc1-c1ccc(F)cc1. The quantitative estimate of drug-likeness (QED) is 0.273. The second kappa shape index (κ2) is 9.15. The third-order valence-corrected chi connectivity index (χ3v) is 6.18. The van der Waals surface area contributed by atoms with Gasteiger partial charge in [-0.3, -0.25) is 4.57 Å². The van der Waals surface area contributed by atoms with Gasteiger partial charge in [0.25, 0.3) is 0 Å². The van der Waals surface area contributed by atoms with Gasteiger partial charge < -0.3 is 0 Å². The topological polar surface area (TPSA) is 43.6 Å². The first-order valence-electron chi connectivity index (χ1n) is 9.13. The Morgan fingerprint density at radius 3 is 2.62 bits per heavy atom. The Morgan fingerprint density at radius 1 is 1.07 bits per heavy atom. The number of halogens is 1. The minimum atomic E-state index is -0.270. The van der Waals surface area contributed by atoms with Crippen LogP contribution in [0.3, 0.4) is 0 Å². The Kier molecular flexibility index (Phi) is 6.17. The number of thioether (sulfide) groups is 1. The molecular weight excluding hydrogens is 403 g/mol. The third-order valence-electron chi connectivity index (χ3n) is 4.28. The van der Waals surface area contributed by atoms with Crippen LogP contribution in [0.5, 0.6) is 0 Å². The second-order valence-corrected chi connectivity index (χ2v) is 8.28. The highest BCUT2D eigenvalue weighted by molar-refractivity contribution is 7.98. The molecule has 0 aliphatic heterocycles. The molecule has 29 heavy (non-hydrogen) atoms. The number of allylic oxidation sites excluding steroid dienone is 1. The van der Waals surface area contributed by atoms with Gasteiger partial charge in [0, 0.05) is 29.7 Å². The van der Waals surface area contributed by atoms with Gasteiger partial charge in [-0.05, 0) is 29.8 Å². The lowest BCUT2D eigenvalue weighted by Crippen LogP contribution is -2.00. The zero-order valence-corrected chi connectivity index (χ0v) is 17.3. The molecule has 0 aliphatic rings. The summed E-state index contributed by atoms with van der Waals surface area (Å²) in [6.07, 6.45) is 2.65. The summed E-state index contributed by atoms with van der Waals surface area (Å²) in [5.41, 5.74) is 3.12. The first kappa shape index (κ1) is 19.5. The molecule has 0 atom stereocenters. The van der Waals surface area contributed by atoms with Crippen molar-refractivity contribution in [3.63, 3.8) is 0 Å². The van der Waals surface area contributed by atoms with Crippen LogP contribution in [0.25, 0.3) is 11.4 Å². The van der Waals surface area contributed by atoms with Crippen LogP contribution in [-0.2, 0) is 18.7 Å². The molecule has 4 aromatic rings. The summed E-state index contributed by atoms with van der Waals surface area (Å²) >= 11 is 3.27. The van der Waals surface area contributed by atoms with Gasteiger partial charge in [-0.25, -0.2) is 9.37 Å². The van der Waals surface area contributed by atoms with Gasteiger partial charge in [-0.2, -0.15) is 0 Å². The third kappa shape index (κ3) is 4.81. The van der Waals surface area contributed by atoms with Crippen molar-refractivity contribution in [2.75, 3.05) is 0 Å². The molecule has 0 unspecified atom stereocenters. The van der Waals surface area contributed by atoms with Crippen molar-refractivity contribution in [2.45, 2.75) is 23.9 Å². The van der Waals surface area contributed by atoms with E-state index < -0.39 is 0 Å². The molecule has 2 aromatic carbocycles. The van der Waals surface area contributed by atoms with Crippen molar-refractivity contribution in [3.8, 4) is 11.4 Å². The van der Waals surface area contributed by atoms with E-state index in [1.54, 1.807) is 41.3 Å². The molecule has 4 nitrogen and oxygen atoms in total. The van der Waals surface area contributed by atoms with Gasteiger partial charge in [-0.1, -0.05) is 48.2 Å². The van der Waals surface area contributed by atoms with Crippen LogP contribution in [0.1, 0.15) is 16.3 Å². The van der Waals surface area contributed by atoms with E-state index in [0.29, 0.717) is 18.1 Å². The van der Waals surface area contributed by atoms with Crippen LogP contribution in [0, 0.1) is 5.82 Å². The number of nitrogens with zero attached hydrogens (tertiary/aromatic N) is 4. The summed E-state index contributed by atoms with van der Waals surface area (Å²) in [7, 11) is 0. The molecule has 0 fully saturated rings. The standard InChI is InChI=1S/C22H19FN4S2/c1-2-12-27-21(17-8-10-18(23)11-9-17)25-26-22(27)29-15-19-14-28-20(24-19)13-16-6-4-3-5-7-16/h2-11,14H,1,12-13,15H2. The Morgan fingerprint density at radius 2 is 1.86 bits per heavy atom. The maximum atomic E-state index is 13.2. The first-order valence-corrected chi connectivity index (χ1v) is 11.0. The lowest BCUT2D eigenvalue weighted by atomic mass is 10.2. The van der Waals surface area contributed by atoms with E-state index in [4.69, 9.17) is 4.98 Å². The van der Waals surface area contributed by atoms with Crippen LogP contribution < -0.4 is 0 Å². The highest BCUT2D eigenvalue weighted by Crippen LogP contribution is 2.27. The van der Waals surface area contributed by atoms with E-state index in [-0.39, 0.29) is 5.82 Å². The minimum Gasteiger partial charge on any atom is -0.298 e. The van der Waals surface area contributed by atoms with Gasteiger partial charge in [0.2, 0.25) is 0 Å². The number of benzene rings is 2. The van der Waals surface area contributed by atoms with E-state index in [1.165, 1.54) is 17.7 Å². The van der Waals surface area contributed by atoms with Gasteiger partial charge in [0.15, 0.2) is 11.0 Å². The fourth-order valence-electron chi connectivity index (χ4n) is 2.91. The molecule has 0 radical (unpaired) electrons. The molecule has 0 N–H and O–H groups in total. The first-order chi connectivity index (χ1) is 14.2.